The molecule has 0 spiro atoms. The normalized spacial score (nSPS) is 11.7. The molecule has 6 heteroatoms. The van der Waals surface area contributed by atoms with E-state index in [-0.39, 0.29) is 9.09 Å². The highest BCUT2D eigenvalue weighted by molar-refractivity contribution is 14.1. The first-order valence-corrected chi connectivity index (χ1v) is 7.80. The van der Waals surface area contributed by atoms with E-state index in [4.69, 9.17) is 4.74 Å². The van der Waals surface area contributed by atoms with Crippen molar-refractivity contribution in [3.63, 3.8) is 0 Å². The molecule has 23 heavy (non-hydrogen) atoms. The predicted octanol–water partition coefficient (Wildman–Crippen LogP) is 5.53. The molecule has 1 heterocycles. The van der Waals surface area contributed by atoms with Crippen LogP contribution in [-0.2, 0) is 6.18 Å². The number of aromatic nitrogens is 1. The summed E-state index contributed by atoms with van der Waals surface area (Å²) in [5.74, 6) is 0.321. The Morgan fingerprint density at radius 3 is 2.30 bits per heavy atom. The zero-order chi connectivity index (χ0) is 16.6. The molecule has 2 nitrogen and oxygen atoms in total. The number of hydrogen-bond acceptors (Lipinski definition) is 2. The van der Waals surface area contributed by atoms with Crippen LogP contribution >= 0.6 is 22.6 Å². The quantitative estimate of drug-likeness (QED) is 0.500. The minimum Gasteiger partial charge on any atom is -0.494 e. The molecule has 3 rings (SSSR count). The van der Waals surface area contributed by atoms with E-state index >= 15 is 0 Å². The van der Waals surface area contributed by atoms with Crippen molar-refractivity contribution in [1.29, 1.82) is 0 Å². The molecule has 0 saturated carbocycles. The van der Waals surface area contributed by atoms with Gasteiger partial charge < -0.3 is 4.74 Å². The van der Waals surface area contributed by atoms with Crippen molar-refractivity contribution in [1.82, 2.24) is 4.98 Å². The van der Waals surface area contributed by atoms with Gasteiger partial charge in [0.2, 0.25) is 0 Å². The van der Waals surface area contributed by atoms with Crippen molar-refractivity contribution in [3.8, 4) is 16.9 Å². The van der Waals surface area contributed by atoms with E-state index in [0.29, 0.717) is 22.3 Å². The second kappa shape index (κ2) is 5.99. The lowest BCUT2D eigenvalue weighted by Gasteiger charge is -2.16. The molecule has 2 aromatic carbocycles. The van der Waals surface area contributed by atoms with Crippen LogP contribution < -0.4 is 4.74 Å². The number of rotatable bonds is 2. The second-order valence-corrected chi connectivity index (χ2v) is 5.95. The number of alkyl halides is 3. The van der Waals surface area contributed by atoms with Crippen LogP contribution in [0.3, 0.4) is 0 Å². The molecule has 0 unspecified atom stereocenters. The predicted molar refractivity (Wildman–Crippen MR) is 91.5 cm³/mol. The molecule has 0 N–H and O–H groups in total. The summed E-state index contributed by atoms with van der Waals surface area (Å²) in [7, 11) is 1.42. The third-order valence-electron chi connectivity index (χ3n) is 3.47. The van der Waals surface area contributed by atoms with Crippen molar-refractivity contribution >= 4 is 33.5 Å². The summed E-state index contributed by atoms with van der Waals surface area (Å²) in [4.78, 5) is 3.85. The minimum atomic E-state index is -4.53. The highest BCUT2D eigenvalue weighted by Crippen LogP contribution is 2.41. The summed E-state index contributed by atoms with van der Waals surface area (Å²) in [5, 5.41) is 0.632. The van der Waals surface area contributed by atoms with Gasteiger partial charge in [-0.1, -0.05) is 42.5 Å². The Balaban J connectivity index is 2.48. The molecule has 118 valence electrons. The summed E-state index contributed by atoms with van der Waals surface area (Å²) in [5.41, 5.74) is 0.543. The second-order valence-electron chi connectivity index (χ2n) is 4.87. The zero-order valence-electron chi connectivity index (χ0n) is 12.0. The van der Waals surface area contributed by atoms with Crippen molar-refractivity contribution < 1.29 is 17.9 Å². The number of nitrogens with zero attached hydrogens (tertiary/aromatic N) is 1. The number of fused-ring (bicyclic) bond motifs is 1. The monoisotopic (exact) mass is 429 g/mol. The molecule has 0 aliphatic rings. The minimum absolute atomic E-state index is 0.0852. The van der Waals surface area contributed by atoms with Gasteiger partial charge in [0, 0.05) is 10.9 Å². The topological polar surface area (TPSA) is 22.1 Å². The summed E-state index contributed by atoms with van der Waals surface area (Å²) >= 11 is 1.72. The number of benzene rings is 2. The number of pyridine rings is 1. The van der Waals surface area contributed by atoms with Gasteiger partial charge in [-0.15, -0.1) is 0 Å². The first-order valence-electron chi connectivity index (χ1n) is 6.72. The van der Waals surface area contributed by atoms with Crippen LogP contribution in [-0.4, -0.2) is 12.1 Å². The lowest BCUT2D eigenvalue weighted by atomic mass is 9.99. The van der Waals surface area contributed by atoms with Gasteiger partial charge in [0.1, 0.15) is 11.3 Å². The van der Waals surface area contributed by atoms with Gasteiger partial charge >= 0.3 is 6.18 Å². The third kappa shape index (κ3) is 2.87. The van der Waals surface area contributed by atoms with Crippen LogP contribution in [0.2, 0.25) is 0 Å². The van der Waals surface area contributed by atoms with Gasteiger partial charge in [-0.3, -0.25) is 0 Å². The number of para-hydroxylation sites is 1. The van der Waals surface area contributed by atoms with Crippen LogP contribution in [0.25, 0.3) is 22.0 Å². The third-order valence-corrected chi connectivity index (χ3v) is 4.52. The molecule has 0 amide bonds. The fraction of sp³-hybridized carbons (Fsp3) is 0.118. The van der Waals surface area contributed by atoms with E-state index in [1.165, 1.54) is 7.11 Å². The van der Waals surface area contributed by atoms with E-state index < -0.39 is 11.9 Å². The summed E-state index contributed by atoms with van der Waals surface area (Å²) in [6.07, 6.45) is -4.53. The van der Waals surface area contributed by atoms with Crippen molar-refractivity contribution in [3.05, 3.63) is 57.8 Å². The Morgan fingerprint density at radius 1 is 1.00 bits per heavy atom. The van der Waals surface area contributed by atoms with Crippen molar-refractivity contribution in [2.45, 2.75) is 6.18 Å². The van der Waals surface area contributed by atoms with Crippen LogP contribution in [0.1, 0.15) is 5.69 Å². The van der Waals surface area contributed by atoms with E-state index in [2.05, 4.69) is 4.98 Å². The molecule has 0 bridgehead atoms. The molecule has 0 aliphatic carbocycles. The average Bonchev–Trinajstić information content (AvgIpc) is 2.53. The fourth-order valence-corrected chi connectivity index (χ4v) is 3.50. The molecular weight excluding hydrogens is 418 g/mol. The molecule has 0 fully saturated rings. The maximum absolute atomic E-state index is 13.4. The van der Waals surface area contributed by atoms with Crippen molar-refractivity contribution in [2.75, 3.05) is 7.11 Å². The zero-order valence-corrected chi connectivity index (χ0v) is 14.1. The summed E-state index contributed by atoms with van der Waals surface area (Å²) in [6.45, 7) is 0. The van der Waals surface area contributed by atoms with E-state index in [1.54, 1.807) is 65.1 Å². The molecule has 1 aromatic heterocycles. The molecule has 0 radical (unpaired) electrons. The highest BCUT2D eigenvalue weighted by atomic mass is 127. The molecule has 0 aliphatic heterocycles. The smallest absolute Gasteiger partial charge is 0.434 e. The Kier molecular flexibility index (Phi) is 4.18. The number of ether oxygens (including phenoxy) is 1. The van der Waals surface area contributed by atoms with Gasteiger partial charge in [0.05, 0.1) is 10.7 Å². The van der Waals surface area contributed by atoms with Crippen molar-refractivity contribution in [2.24, 2.45) is 0 Å². The number of methoxy groups -OCH3 is 1. The SMILES string of the molecule is COc1cccc2c(-c3ccccc3)c(I)c(C(F)(F)F)nc12. The Labute approximate surface area is 144 Å². The lowest BCUT2D eigenvalue weighted by Crippen LogP contribution is -2.12. The maximum Gasteiger partial charge on any atom is 0.434 e. The average molecular weight is 429 g/mol. The maximum atomic E-state index is 13.4. The highest BCUT2D eigenvalue weighted by Gasteiger charge is 2.37. The largest absolute Gasteiger partial charge is 0.494 e. The Hall–Kier alpha value is -1.83. The van der Waals surface area contributed by atoms with E-state index in [9.17, 15) is 13.2 Å². The number of hydrogen-bond donors (Lipinski definition) is 0. The van der Waals surface area contributed by atoms with Gasteiger partial charge in [-0.05, 0) is 34.2 Å². The van der Waals surface area contributed by atoms with E-state index in [0.717, 1.165) is 0 Å². The lowest BCUT2D eigenvalue weighted by molar-refractivity contribution is -0.141. The van der Waals surface area contributed by atoms with Gasteiger partial charge in [-0.25, -0.2) is 4.98 Å². The molecule has 0 saturated heterocycles. The molecular formula is C17H11F3INO. The van der Waals surface area contributed by atoms with E-state index in [1.807, 2.05) is 6.07 Å². The standard InChI is InChI=1S/C17H11F3INO/c1-23-12-9-5-8-11-13(10-6-3-2-4-7-10)14(21)16(17(18,19)20)22-15(11)12/h2-9H,1H3. The van der Waals surface area contributed by atoms with Crippen LogP contribution in [0.5, 0.6) is 5.75 Å². The first-order chi connectivity index (χ1) is 10.9. The fourth-order valence-electron chi connectivity index (χ4n) is 2.48. The molecule has 3 aromatic rings. The van der Waals surface area contributed by atoms with Gasteiger partial charge in [0.15, 0.2) is 5.69 Å². The number of halogens is 4. The molecule has 0 atom stereocenters. The Morgan fingerprint density at radius 2 is 1.70 bits per heavy atom. The van der Waals surface area contributed by atoms with Crippen LogP contribution in [0.15, 0.2) is 48.5 Å². The Bertz CT molecular complexity index is 863. The van der Waals surface area contributed by atoms with Gasteiger partial charge in [0.25, 0.3) is 0 Å². The first kappa shape index (κ1) is 16.0. The summed E-state index contributed by atoms with van der Waals surface area (Å²) < 4.78 is 45.5. The van der Waals surface area contributed by atoms with Gasteiger partial charge in [-0.2, -0.15) is 13.2 Å². The summed E-state index contributed by atoms with van der Waals surface area (Å²) in [6, 6.07) is 14.1. The van der Waals surface area contributed by atoms with Crippen LogP contribution in [0.4, 0.5) is 13.2 Å². The van der Waals surface area contributed by atoms with Crippen LogP contribution in [0, 0.1) is 3.57 Å².